The van der Waals surface area contributed by atoms with E-state index in [0.29, 0.717) is 17.5 Å². The predicted octanol–water partition coefficient (Wildman–Crippen LogP) is 11.5. The number of aromatic nitrogens is 3. The average Bonchev–Trinajstić information content (AvgIpc) is 3.19. The first-order valence-electron chi connectivity index (χ1n) is 16.1. The van der Waals surface area contributed by atoms with E-state index in [1.54, 1.807) is 0 Å². The van der Waals surface area contributed by atoms with Gasteiger partial charge in [-0.1, -0.05) is 182 Å². The molecule has 8 rings (SSSR count). The van der Waals surface area contributed by atoms with E-state index in [-0.39, 0.29) is 0 Å². The highest BCUT2D eigenvalue weighted by Crippen LogP contribution is 2.40. The number of nitrogens with zero attached hydrogens (tertiary/aromatic N) is 3. The first-order chi connectivity index (χ1) is 23.8. The molecule has 0 radical (unpaired) electrons. The quantitative estimate of drug-likeness (QED) is 0.179. The minimum absolute atomic E-state index is 0.630. The van der Waals surface area contributed by atoms with Crippen LogP contribution in [0.5, 0.6) is 0 Å². The minimum atomic E-state index is 0.630. The molecule has 0 amide bonds. The zero-order chi connectivity index (χ0) is 32.1. The van der Waals surface area contributed by atoms with E-state index in [1.807, 2.05) is 36.4 Å². The second kappa shape index (κ2) is 13.1. The second-order valence-corrected chi connectivity index (χ2v) is 11.7. The highest BCUT2D eigenvalue weighted by atomic mass is 15.0. The zero-order valence-corrected chi connectivity index (χ0v) is 26.2. The molecule has 0 fully saturated rings. The van der Waals surface area contributed by atoms with Gasteiger partial charge >= 0.3 is 0 Å². The van der Waals surface area contributed by atoms with E-state index >= 15 is 0 Å². The lowest BCUT2D eigenvalue weighted by Crippen LogP contribution is -2.01. The molecule has 0 aliphatic heterocycles. The van der Waals surface area contributed by atoms with Gasteiger partial charge in [0.15, 0.2) is 17.5 Å². The van der Waals surface area contributed by atoms with Gasteiger partial charge in [-0.3, -0.25) is 0 Å². The van der Waals surface area contributed by atoms with Crippen LogP contribution in [0.3, 0.4) is 0 Å². The van der Waals surface area contributed by atoms with Gasteiger partial charge < -0.3 is 0 Å². The topological polar surface area (TPSA) is 38.7 Å². The van der Waals surface area contributed by atoms with Crippen molar-refractivity contribution in [2.75, 3.05) is 0 Å². The Morgan fingerprint density at radius 2 is 0.604 bits per heavy atom. The van der Waals surface area contributed by atoms with E-state index in [9.17, 15) is 0 Å². The molecule has 0 bridgehead atoms. The maximum absolute atomic E-state index is 5.17. The summed E-state index contributed by atoms with van der Waals surface area (Å²) >= 11 is 0. The molecule has 0 atom stereocenters. The Labute approximate surface area is 280 Å². The van der Waals surface area contributed by atoms with E-state index in [0.717, 1.165) is 44.5 Å². The largest absolute Gasteiger partial charge is 0.208 e. The van der Waals surface area contributed by atoms with Crippen LogP contribution in [-0.4, -0.2) is 15.0 Å². The summed E-state index contributed by atoms with van der Waals surface area (Å²) in [5.74, 6) is 1.90. The molecule has 226 valence electrons. The van der Waals surface area contributed by atoms with Crippen molar-refractivity contribution in [1.82, 2.24) is 15.0 Å². The molecule has 0 aliphatic rings. The second-order valence-electron chi connectivity index (χ2n) is 11.7. The fraction of sp³-hybridized carbons (Fsp3) is 0. The van der Waals surface area contributed by atoms with E-state index in [4.69, 9.17) is 15.0 Å². The fourth-order valence-corrected chi connectivity index (χ4v) is 6.18. The predicted molar refractivity (Wildman–Crippen MR) is 198 cm³/mol. The summed E-state index contributed by atoms with van der Waals surface area (Å²) in [7, 11) is 0. The maximum atomic E-state index is 5.17. The number of hydrogen-bond donors (Lipinski definition) is 0. The van der Waals surface area contributed by atoms with Crippen molar-refractivity contribution >= 4 is 0 Å². The van der Waals surface area contributed by atoms with Gasteiger partial charge in [-0.05, 0) is 45.0 Å². The Morgan fingerprint density at radius 1 is 0.229 bits per heavy atom. The molecular formula is C45H31N3. The molecule has 48 heavy (non-hydrogen) atoms. The molecular weight excluding hydrogens is 583 g/mol. The van der Waals surface area contributed by atoms with Crippen molar-refractivity contribution in [3.05, 3.63) is 188 Å². The highest BCUT2D eigenvalue weighted by molar-refractivity contribution is 5.94. The third-order valence-corrected chi connectivity index (χ3v) is 8.57. The van der Waals surface area contributed by atoms with Crippen molar-refractivity contribution in [3.8, 4) is 78.7 Å². The van der Waals surface area contributed by atoms with E-state index in [2.05, 4.69) is 152 Å². The zero-order valence-electron chi connectivity index (χ0n) is 26.2. The van der Waals surface area contributed by atoms with Crippen molar-refractivity contribution in [3.63, 3.8) is 0 Å². The molecule has 3 nitrogen and oxygen atoms in total. The third-order valence-electron chi connectivity index (χ3n) is 8.57. The lowest BCUT2D eigenvalue weighted by atomic mass is 9.89. The standard InChI is InChI=1S/C45H31N3/c1-5-15-32(16-6-1)34-27-29-37(30-28-34)44-46-43(36-21-11-4-12-22-36)47-45(48-44)41-26-14-25-40(42(41)35-19-9-3-10-20-35)39-24-13-23-38(31-39)33-17-7-2-8-18-33/h1-31H. The van der Waals surface area contributed by atoms with Crippen molar-refractivity contribution < 1.29 is 0 Å². The molecule has 1 heterocycles. The summed E-state index contributed by atoms with van der Waals surface area (Å²) in [5.41, 5.74) is 11.9. The van der Waals surface area contributed by atoms with Gasteiger partial charge in [0.25, 0.3) is 0 Å². The smallest absolute Gasteiger partial charge is 0.164 e. The SMILES string of the molecule is c1ccc(-c2ccc(-c3nc(-c4ccccc4)nc(-c4cccc(-c5cccc(-c6ccccc6)c5)c4-c4ccccc4)n3)cc2)cc1. The monoisotopic (exact) mass is 613 g/mol. The Kier molecular flexibility index (Phi) is 7.92. The fourth-order valence-electron chi connectivity index (χ4n) is 6.18. The van der Waals surface area contributed by atoms with Crippen LogP contribution in [0.2, 0.25) is 0 Å². The van der Waals surface area contributed by atoms with Gasteiger partial charge in [0.1, 0.15) is 0 Å². The lowest BCUT2D eigenvalue weighted by molar-refractivity contribution is 1.07. The summed E-state index contributed by atoms with van der Waals surface area (Å²) in [6.07, 6.45) is 0. The summed E-state index contributed by atoms with van der Waals surface area (Å²) in [6.45, 7) is 0. The van der Waals surface area contributed by atoms with E-state index < -0.39 is 0 Å². The minimum Gasteiger partial charge on any atom is -0.208 e. The molecule has 0 saturated heterocycles. The average molecular weight is 614 g/mol. The summed E-state index contributed by atoms with van der Waals surface area (Å²) in [6, 6.07) is 65.2. The lowest BCUT2D eigenvalue weighted by Gasteiger charge is -2.17. The molecule has 0 saturated carbocycles. The van der Waals surface area contributed by atoms with Crippen LogP contribution in [0.15, 0.2) is 188 Å². The molecule has 3 heteroatoms. The van der Waals surface area contributed by atoms with Gasteiger partial charge in [0, 0.05) is 22.3 Å². The van der Waals surface area contributed by atoms with Crippen LogP contribution in [0.1, 0.15) is 0 Å². The molecule has 7 aromatic carbocycles. The third kappa shape index (κ3) is 5.93. The Morgan fingerprint density at radius 3 is 1.21 bits per heavy atom. The molecule has 0 spiro atoms. The first-order valence-corrected chi connectivity index (χ1v) is 16.1. The van der Waals surface area contributed by atoms with Gasteiger partial charge in [-0.15, -0.1) is 0 Å². The van der Waals surface area contributed by atoms with Gasteiger partial charge in [-0.2, -0.15) is 0 Å². The molecule has 0 unspecified atom stereocenters. The first kappa shape index (κ1) is 29.0. The van der Waals surface area contributed by atoms with Gasteiger partial charge in [-0.25, -0.2) is 15.0 Å². The summed E-state index contributed by atoms with van der Waals surface area (Å²) < 4.78 is 0. The van der Waals surface area contributed by atoms with Crippen LogP contribution in [0.4, 0.5) is 0 Å². The Balaban J connectivity index is 1.32. The number of hydrogen-bond acceptors (Lipinski definition) is 3. The van der Waals surface area contributed by atoms with Gasteiger partial charge in [0.2, 0.25) is 0 Å². The Bertz CT molecular complexity index is 2300. The summed E-state index contributed by atoms with van der Waals surface area (Å²) in [4.78, 5) is 15.3. The van der Waals surface area contributed by atoms with Crippen molar-refractivity contribution in [1.29, 1.82) is 0 Å². The number of rotatable bonds is 7. The van der Waals surface area contributed by atoms with Crippen LogP contribution in [-0.2, 0) is 0 Å². The normalized spacial score (nSPS) is 10.9. The van der Waals surface area contributed by atoms with Crippen molar-refractivity contribution in [2.24, 2.45) is 0 Å². The molecule has 0 N–H and O–H groups in total. The Hall–Kier alpha value is -6.45. The molecule has 0 aliphatic carbocycles. The molecule has 8 aromatic rings. The summed E-state index contributed by atoms with van der Waals surface area (Å²) in [5, 5.41) is 0. The number of benzene rings is 7. The van der Waals surface area contributed by atoms with E-state index in [1.165, 1.54) is 16.7 Å². The van der Waals surface area contributed by atoms with Crippen LogP contribution < -0.4 is 0 Å². The van der Waals surface area contributed by atoms with Gasteiger partial charge in [0.05, 0.1) is 0 Å². The van der Waals surface area contributed by atoms with Crippen LogP contribution in [0.25, 0.3) is 78.7 Å². The maximum Gasteiger partial charge on any atom is 0.164 e. The highest BCUT2D eigenvalue weighted by Gasteiger charge is 2.19. The van der Waals surface area contributed by atoms with Crippen molar-refractivity contribution in [2.45, 2.75) is 0 Å². The molecule has 1 aromatic heterocycles. The van der Waals surface area contributed by atoms with Crippen LogP contribution in [0, 0.1) is 0 Å². The van der Waals surface area contributed by atoms with Crippen LogP contribution >= 0.6 is 0 Å².